The lowest BCUT2D eigenvalue weighted by atomic mass is 9.90. The van der Waals surface area contributed by atoms with Crippen LogP contribution in [0.4, 0.5) is 5.82 Å². The number of anilines is 1. The molecule has 0 atom stereocenters. The van der Waals surface area contributed by atoms with Gasteiger partial charge in [0.25, 0.3) is 0 Å². The molecule has 0 radical (unpaired) electrons. The number of hydrogen-bond acceptors (Lipinski definition) is 3. The summed E-state index contributed by atoms with van der Waals surface area (Å²) in [5, 5.41) is 6.76. The fourth-order valence-electron chi connectivity index (χ4n) is 1.67. The summed E-state index contributed by atoms with van der Waals surface area (Å²) in [4.78, 5) is 4.68. The number of rotatable bonds is 5. The number of aromatic nitrogens is 1. The summed E-state index contributed by atoms with van der Waals surface area (Å²) in [5.41, 5.74) is 2.51. The lowest BCUT2D eigenvalue weighted by molar-refractivity contribution is 0.561. The van der Waals surface area contributed by atoms with Crippen molar-refractivity contribution in [3.8, 4) is 0 Å². The lowest BCUT2D eigenvalue weighted by Crippen LogP contribution is -2.23. The Hall–Kier alpha value is -1.09. The molecule has 0 fully saturated rings. The molecule has 18 heavy (non-hydrogen) atoms. The Morgan fingerprint density at radius 2 is 1.89 bits per heavy atom. The third-order valence-electron chi connectivity index (χ3n) is 2.73. The molecule has 0 aliphatic rings. The van der Waals surface area contributed by atoms with Crippen LogP contribution in [-0.2, 0) is 12.0 Å². The van der Waals surface area contributed by atoms with E-state index in [9.17, 15) is 0 Å². The Morgan fingerprint density at radius 1 is 1.22 bits per heavy atom. The van der Waals surface area contributed by atoms with Crippen molar-refractivity contribution in [1.29, 1.82) is 0 Å². The number of nitrogens with zero attached hydrogens (tertiary/aromatic N) is 1. The summed E-state index contributed by atoms with van der Waals surface area (Å²) in [5.74, 6) is 0.977. The Bertz CT molecular complexity index is 378. The Labute approximate surface area is 111 Å². The molecule has 0 spiro atoms. The first-order chi connectivity index (χ1) is 8.32. The molecule has 0 aliphatic carbocycles. The van der Waals surface area contributed by atoms with Crippen LogP contribution in [0.25, 0.3) is 0 Å². The van der Waals surface area contributed by atoms with Crippen LogP contribution in [0, 0.1) is 0 Å². The van der Waals surface area contributed by atoms with E-state index in [2.05, 4.69) is 69.3 Å². The SMILES string of the molecule is CCNc1cc(CNC(C)C)cc(C(C)(C)C)n1. The monoisotopic (exact) mass is 249 g/mol. The molecule has 1 aromatic rings. The van der Waals surface area contributed by atoms with E-state index >= 15 is 0 Å². The van der Waals surface area contributed by atoms with E-state index in [0.29, 0.717) is 6.04 Å². The van der Waals surface area contributed by atoms with Gasteiger partial charge in [0.05, 0.1) is 0 Å². The standard InChI is InChI=1S/C15H27N3/c1-7-16-14-9-12(10-17-11(2)3)8-13(18-14)15(4,5)6/h8-9,11,17H,7,10H2,1-6H3,(H,16,18). The molecule has 1 heterocycles. The van der Waals surface area contributed by atoms with Crippen LogP contribution in [0.5, 0.6) is 0 Å². The van der Waals surface area contributed by atoms with Gasteiger partial charge in [-0.05, 0) is 24.6 Å². The average molecular weight is 249 g/mol. The van der Waals surface area contributed by atoms with Gasteiger partial charge in [0, 0.05) is 30.2 Å². The van der Waals surface area contributed by atoms with Gasteiger partial charge >= 0.3 is 0 Å². The largest absolute Gasteiger partial charge is 0.370 e. The molecule has 102 valence electrons. The van der Waals surface area contributed by atoms with Crippen LogP contribution in [0.3, 0.4) is 0 Å². The van der Waals surface area contributed by atoms with Gasteiger partial charge in [-0.2, -0.15) is 0 Å². The fourth-order valence-corrected chi connectivity index (χ4v) is 1.67. The minimum atomic E-state index is 0.0814. The molecule has 1 aromatic heterocycles. The fraction of sp³-hybridized carbons (Fsp3) is 0.667. The maximum atomic E-state index is 4.68. The van der Waals surface area contributed by atoms with Gasteiger partial charge in [-0.25, -0.2) is 4.98 Å². The van der Waals surface area contributed by atoms with Gasteiger partial charge in [0.15, 0.2) is 0 Å². The second-order valence-electron chi connectivity index (χ2n) is 6.06. The quantitative estimate of drug-likeness (QED) is 0.840. The first-order valence-electron chi connectivity index (χ1n) is 6.81. The van der Waals surface area contributed by atoms with Crippen LogP contribution in [-0.4, -0.2) is 17.6 Å². The zero-order chi connectivity index (χ0) is 13.8. The molecule has 0 aliphatic heterocycles. The van der Waals surface area contributed by atoms with Gasteiger partial charge in [0.2, 0.25) is 0 Å². The predicted octanol–water partition coefficient (Wildman–Crippen LogP) is 3.31. The molecule has 0 saturated heterocycles. The Kier molecular flexibility index (Phi) is 5.15. The minimum Gasteiger partial charge on any atom is -0.370 e. The molecule has 2 N–H and O–H groups in total. The van der Waals surface area contributed by atoms with Crippen LogP contribution in [0.1, 0.15) is 52.8 Å². The molecular formula is C15H27N3. The molecule has 3 nitrogen and oxygen atoms in total. The van der Waals surface area contributed by atoms with E-state index < -0.39 is 0 Å². The topological polar surface area (TPSA) is 37.0 Å². The van der Waals surface area contributed by atoms with Crippen molar-refractivity contribution in [2.75, 3.05) is 11.9 Å². The van der Waals surface area contributed by atoms with Crippen LogP contribution in [0.15, 0.2) is 12.1 Å². The summed E-state index contributed by atoms with van der Waals surface area (Å²) in [6.07, 6.45) is 0. The molecule has 0 aromatic carbocycles. The smallest absolute Gasteiger partial charge is 0.126 e. The first kappa shape index (κ1) is 15.0. The highest BCUT2D eigenvalue weighted by atomic mass is 15.0. The molecule has 0 amide bonds. The van der Waals surface area contributed by atoms with E-state index in [0.717, 1.165) is 24.6 Å². The van der Waals surface area contributed by atoms with E-state index in [1.807, 2.05) is 0 Å². The highest BCUT2D eigenvalue weighted by Gasteiger charge is 2.17. The molecule has 0 saturated carbocycles. The first-order valence-corrected chi connectivity index (χ1v) is 6.81. The lowest BCUT2D eigenvalue weighted by Gasteiger charge is -2.20. The molecule has 0 bridgehead atoms. The van der Waals surface area contributed by atoms with Crippen LogP contribution in [0.2, 0.25) is 0 Å². The highest BCUT2D eigenvalue weighted by Crippen LogP contribution is 2.23. The van der Waals surface area contributed by atoms with Crippen molar-refractivity contribution in [1.82, 2.24) is 10.3 Å². The minimum absolute atomic E-state index is 0.0814. The van der Waals surface area contributed by atoms with Crippen molar-refractivity contribution in [2.24, 2.45) is 0 Å². The van der Waals surface area contributed by atoms with Gasteiger partial charge in [-0.15, -0.1) is 0 Å². The third kappa shape index (κ3) is 4.65. The van der Waals surface area contributed by atoms with Gasteiger partial charge in [0.1, 0.15) is 5.82 Å². The van der Waals surface area contributed by atoms with Crippen molar-refractivity contribution in [2.45, 2.75) is 59.5 Å². The van der Waals surface area contributed by atoms with Crippen LogP contribution < -0.4 is 10.6 Å². The van der Waals surface area contributed by atoms with Crippen LogP contribution >= 0.6 is 0 Å². The maximum Gasteiger partial charge on any atom is 0.126 e. The Balaban J connectivity index is 2.98. The maximum absolute atomic E-state index is 4.68. The summed E-state index contributed by atoms with van der Waals surface area (Å²) >= 11 is 0. The number of hydrogen-bond donors (Lipinski definition) is 2. The second-order valence-corrected chi connectivity index (χ2v) is 6.06. The number of nitrogens with one attached hydrogen (secondary N) is 2. The number of pyridine rings is 1. The molecular weight excluding hydrogens is 222 g/mol. The van der Waals surface area contributed by atoms with Gasteiger partial charge < -0.3 is 10.6 Å². The highest BCUT2D eigenvalue weighted by molar-refractivity contribution is 5.41. The average Bonchev–Trinajstić information content (AvgIpc) is 2.25. The van der Waals surface area contributed by atoms with Crippen molar-refractivity contribution >= 4 is 5.82 Å². The molecule has 1 rings (SSSR count). The van der Waals surface area contributed by atoms with E-state index in [1.165, 1.54) is 5.56 Å². The Morgan fingerprint density at radius 3 is 2.39 bits per heavy atom. The molecule has 0 unspecified atom stereocenters. The predicted molar refractivity (Wildman–Crippen MR) is 79.1 cm³/mol. The molecule has 3 heteroatoms. The van der Waals surface area contributed by atoms with Gasteiger partial charge in [-0.1, -0.05) is 34.6 Å². The zero-order valence-corrected chi connectivity index (χ0v) is 12.6. The summed E-state index contributed by atoms with van der Waals surface area (Å²) in [6, 6.07) is 4.84. The summed E-state index contributed by atoms with van der Waals surface area (Å²) in [7, 11) is 0. The normalized spacial score (nSPS) is 11.9. The van der Waals surface area contributed by atoms with Gasteiger partial charge in [-0.3, -0.25) is 0 Å². The van der Waals surface area contributed by atoms with E-state index in [4.69, 9.17) is 0 Å². The van der Waals surface area contributed by atoms with Crippen molar-refractivity contribution in [3.05, 3.63) is 23.4 Å². The second kappa shape index (κ2) is 6.19. The van der Waals surface area contributed by atoms with E-state index in [1.54, 1.807) is 0 Å². The summed E-state index contributed by atoms with van der Waals surface area (Å²) < 4.78 is 0. The van der Waals surface area contributed by atoms with Crippen molar-refractivity contribution in [3.63, 3.8) is 0 Å². The summed E-state index contributed by atoms with van der Waals surface area (Å²) in [6.45, 7) is 14.8. The van der Waals surface area contributed by atoms with Crippen molar-refractivity contribution < 1.29 is 0 Å². The zero-order valence-electron chi connectivity index (χ0n) is 12.6. The third-order valence-corrected chi connectivity index (χ3v) is 2.73. The van der Waals surface area contributed by atoms with E-state index in [-0.39, 0.29) is 5.41 Å².